The van der Waals surface area contributed by atoms with E-state index in [1.807, 2.05) is 35.2 Å². The standard InChI is InChI=1S/C17H20N2O2/c1-2-14-5-3-12-19(14)17(21)13-7-9-15(10-8-13)18-11-4-6-16(18)20/h3,5,7-10,14H,2,4,6,11-12H2,1H3/t14-/m1/s1. The number of anilines is 1. The molecule has 1 aromatic rings. The monoisotopic (exact) mass is 284 g/mol. The van der Waals surface area contributed by atoms with Crippen molar-refractivity contribution in [2.75, 3.05) is 18.0 Å². The number of amides is 2. The Morgan fingerprint density at radius 3 is 2.67 bits per heavy atom. The quantitative estimate of drug-likeness (QED) is 0.801. The molecular formula is C17H20N2O2. The average molecular weight is 284 g/mol. The van der Waals surface area contributed by atoms with Crippen LogP contribution in [0.2, 0.25) is 0 Å². The second kappa shape index (κ2) is 5.72. The van der Waals surface area contributed by atoms with Crippen LogP contribution in [0.5, 0.6) is 0 Å². The molecule has 0 aromatic heterocycles. The van der Waals surface area contributed by atoms with Gasteiger partial charge in [0.05, 0.1) is 6.04 Å². The van der Waals surface area contributed by atoms with Gasteiger partial charge in [-0.15, -0.1) is 0 Å². The third-order valence-electron chi connectivity index (χ3n) is 4.24. The molecular weight excluding hydrogens is 264 g/mol. The predicted molar refractivity (Wildman–Crippen MR) is 82.3 cm³/mol. The van der Waals surface area contributed by atoms with Crippen LogP contribution in [0.1, 0.15) is 36.5 Å². The zero-order chi connectivity index (χ0) is 14.8. The molecule has 2 amide bonds. The molecule has 0 radical (unpaired) electrons. The molecule has 110 valence electrons. The number of benzene rings is 1. The lowest BCUT2D eigenvalue weighted by molar-refractivity contribution is -0.117. The number of nitrogens with zero attached hydrogens (tertiary/aromatic N) is 2. The fourth-order valence-electron chi connectivity index (χ4n) is 3.03. The van der Waals surface area contributed by atoms with Gasteiger partial charge in [0.1, 0.15) is 0 Å². The molecule has 3 rings (SSSR count). The number of carbonyl (C=O) groups is 2. The Morgan fingerprint density at radius 2 is 2.05 bits per heavy atom. The maximum Gasteiger partial charge on any atom is 0.254 e. The minimum absolute atomic E-state index is 0.0612. The molecule has 4 nitrogen and oxygen atoms in total. The number of hydrogen-bond acceptors (Lipinski definition) is 2. The fraction of sp³-hybridized carbons (Fsp3) is 0.412. The molecule has 21 heavy (non-hydrogen) atoms. The van der Waals surface area contributed by atoms with Crippen molar-refractivity contribution in [3.8, 4) is 0 Å². The Bertz CT molecular complexity index is 577. The van der Waals surface area contributed by atoms with Gasteiger partial charge in [0.25, 0.3) is 5.91 Å². The summed E-state index contributed by atoms with van der Waals surface area (Å²) in [6.07, 6.45) is 6.61. The van der Waals surface area contributed by atoms with Crippen molar-refractivity contribution in [3.05, 3.63) is 42.0 Å². The highest BCUT2D eigenvalue weighted by atomic mass is 16.2. The molecule has 0 aliphatic carbocycles. The minimum atomic E-state index is 0.0612. The van der Waals surface area contributed by atoms with Crippen molar-refractivity contribution in [3.63, 3.8) is 0 Å². The molecule has 0 saturated carbocycles. The maximum atomic E-state index is 12.5. The molecule has 0 N–H and O–H groups in total. The van der Waals surface area contributed by atoms with Crippen molar-refractivity contribution in [2.24, 2.45) is 0 Å². The van der Waals surface area contributed by atoms with Crippen LogP contribution in [0.25, 0.3) is 0 Å². The first-order valence-electron chi connectivity index (χ1n) is 7.58. The van der Waals surface area contributed by atoms with E-state index in [9.17, 15) is 9.59 Å². The van der Waals surface area contributed by atoms with Crippen LogP contribution in [0.3, 0.4) is 0 Å². The van der Waals surface area contributed by atoms with E-state index in [2.05, 4.69) is 13.0 Å². The summed E-state index contributed by atoms with van der Waals surface area (Å²) >= 11 is 0. The largest absolute Gasteiger partial charge is 0.329 e. The minimum Gasteiger partial charge on any atom is -0.329 e. The summed E-state index contributed by atoms with van der Waals surface area (Å²) in [5.41, 5.74) is 1.58. The first kappa shape index (κ1) is 13.9. The summed E-state index contributed by atoms with van der Waals surface area (Å²) in [6, 6.07) is 7.61. The Labute approximate surface area is 125 Å². The second-order valence-electron chi connectivity index (χ2n) is 5.56. The van der Waals surface area contributed by atoms with Crippen LogP contribution < -0.4 is 4.90 Å². The molecule has 1 saturated heterocycles. The predicted octanol–water partition coefficient (Wildman–Crippen LogP) is 2.60. The third kappa shape index (κ3) is 2.58. The van der Waals surface area contributed by atoms with E-state index >= 15 is 0 Å². The van der Waals surface area contributed by atoms with E-state index in [0.717, 1.165) is 25.1 Å². The van der Waals surface area contributed by atoms with Crippen LogP contribution in [-0.4, -0.2) is 35.8 Å². The number of carbonyl (C=O) groups excluding carboxylic acids is 2. The van der Waals surface area contributed by atoms with Crippen LogP contribution in [0.15, 0.2) is 36.4 Å². The molecule has 2 aliphatic heterocycles. The summed E-state index contributed by atoms with van der Waals surface area (Å²) in [6.45, 7) is 3.55. The third-order valence-corrected chi connectivity index (χ3v) is 4.24. The van der Waals surface area contributed by atoms with Crippen molar-refractivity contribution in [1.29, 1.82) is 0 Å². The molecule has 2 aliphatic rings. The summed E-state index contributed by atoms with van der Waals surface area (Å²) in [7, 11) is 0. The molecule has 2 heterocycles. The summed E-state index contributed by atoms with van der Waals surface area (Å²) < 4.78 is 0. The molecule has 0 spiro atoms. The Hall–Kier alpha value is -2.10. The second-order valence-corrected chi connectivity index (χ2v) is 5.56. The van der Waals surface area contributed by atoms with Crippen LogP contribution >= 0.6 is 0 Å². The highest BCUT2D eigenvalue weighted by molar-refractivity contribution is 5.97. The lowest BCUT2D eigenvalue weighted by atomic mass is 10.1. The van der Waals surface area contributed by atoms with Gasteiger partial charge in [-0.1, -0.05) is 19.1 Å². The van der Waals surface area contributed by atoms with Gasteiger partial charge >= 0.3 is 0 Å². The van der Waals surface area contributed by atoms with Gasteiger partial charge in [0.15, 0.2) is 0 Å². The molecule has 4 heteroatoms. The van der Waals surface area contributed by atoms with Gasteiger partial charge in [-0.05, 0) is 37.1 Å². The van der Waals surface area contributed by atoms with E-state index in [4.69, 9.17) is 0 Å². The molecule has 1 fully saturated rings. The topological polar surface area (TPSA) is 40.6 Å². The van der Waals surface area contributed by atoms with Gasteiger partial charge in [-0.2, -0.15) is 0 Å². The van der Waals surface area contributed by atoms with Gasteiger partial charge in [0, 0.05) is 30.8 Å². The van der Waals surface area contributed by atoms with E-state index < -0.39 is 0 Å². The van der Waals surface area contributed by atoms with Crippen LogP contribution in [0, 0.1) is 0 Å². The average Bonchev–Trinajstić information content (AvgIpc) is 3.15. The lowest BCUT2D eigenvalue weighted by Crippen LogP contribution is -2.35. The molecule has 1 aromatic carbocycles. The molecule has 1 atom stereocenters. The molecule has 0 unspecified atom stereocenters. The normalized spacial score (nSPS) is 21.4. The Balaban J connectivity index is 1.75. The van der Waals surface area contributed by atoms with E-state index in [-0.39, 0.29) is 17.9 Å². The van der Waals surface area contributed by atoms with Crippen molar-refractivity contribution < 1.29 is 9.59 Å². The van der Waals surface area contributed by atoms with E-state index in [1.54, 1.807) is 4.90 Å². The first-order chi connectivity index (χ1) is 10.2. The van der Waals surface area contributed by atoms with Gasteiger partial charge in [-0.3, -0.25) is 9.59 Å². The van der Waals surface area contributed by atoms with Gasteiger partial charge < -0.3 is 9.80 Å². The number of rotatable bonds is 3. The SMILES string of the molecule is CC[C@@H]1C=CCN1C(=O)c1ccc(N2CCCC2=O)cc1. The Kier molecular flexibility index (Phi) is 3.78. The summed E-state index contributed by atoms with van der Waals surface area (Å²) in [4.78, 5) is 27.9. The highest BCUT2D eigenvalue weighted by Gasteiger charge is 2.25. The fourth-order valence-corrected chi connectivity index (χ4v) is 3.03. The zero-order valence-electron chi connectivity index (χ0n) is 12.3. The van der Waals surface area contributed by atoms with Crippen molar-refractivity contribution in [1.82, 2.24) is 4.90 Å². The van der Waals surface area contributed by atoms with E-state index in [0.29, 0.717) is 18.5 Å². The Morgan fingerprint density at radius 1 is 1.29 bits per heavy atom. The first-order valence-corrected chi connectivity index (χ1v) is 7.58. The molecule has 0 bridgehead atoms. The van der Waals surface area contributed by atoms with Crippen LogP contribution in [-0.2, 0) is 4.79 Å². The van der Waals surface area contributed by atoms with Crippen molar-refractivity contribution in [2.45, 2.75) is 32.2 Å². The number of hydrogen-bond donors (Lipinski definition) is 0. The lowest BCUT2D eigenvalue weighted by Gasteiger charge is -2.24. The maximum absolute atomic E-state index is 12.5. The van der Waals surface area contributed by atoms with Gasteiger partial charge in [-0.25, -0.2) is 0 Å². The summed E-state index contributed by atoms with van der Waals surface area (Å²) in [5, 5.41) is 0. The van der Waals surface area contributed by atoms with E-state index in [1.165, 1.54) is 0 Å². The van der Waals surface area contributed by atoms with Crippen LogP contribution in [0.4, 0.5) is 5.69 Å². The smallest absolute Gasteiger partial charge is 0.254 e. The summed E-state index contributed by atoms with van der Waals surface area (Å²) in [5.74, 6) is 0.231. The van der Waals surface area contributed by atoms with Crippen molar-refractivity contribution >= 4 is 17.5 Å². The van der Waals surface area contributed by atoms with Gasteiger partial charge in [0.2, 0.25) is 5.91 Å². The zero-order valence-corrected chi connectivity index (χ0v) is 12.3. The highest BCUT2D eigenvalue weighted by Crippen LogP contribution is 2.23.